The zero-order valence-corrected chi connectivity index (χ0v) is 27.1. The summed E-state index contributed by atoms with van der Waals surface area (Å²) in [6.07, 6.45) is 0.909. The van der Waals surface area contributed by atoms with Crippen molar-refractivity contribution in [3.05, 3.63) is 77.4 Å². The summed E-state index contributed by atoms with van der Waals surface area (Å²) in [6.45, 7) is 17.6. The number of hydrogen-bond donors (Lipinski definition) is 1. The van der Waals surface area contributed by atoms with Gasteiger partial charge in [-0.2, -0.15) is 0 Å². The minimum absolute atomic E-state index is 0.0221. The molecule has 0 saturated carbocycles. The number of aryl methyl sites for hydroxylation is 1. The van der Waals surface area contributed by atoms with Gasteiger partial charge in [0.25, 0.3) is 0 Å². The zero-order valence-electron chi connectivity index (χ0n) is 25.3. The Morgan fingerprint density at radius 1 is 1.05 bits per heavy atom. The van der Waals surface area contributed by atoms with Gasteiger partial charge in [0.05, 0.1) is 24.2 Å². The number of benzene rings is 2. The molecule has 2 aromatic rings. The molecule has 0 aliphatic carbocycles. The van der Waals surface area contributed by atoms with Gasteiger partial charge in [-0.05, 0) is 62.2 Å². The second-order valence-corrected chi connectivity index (χ2v) is 18.8. The van der Waals surface area contributed by atoms with E-state index in [1.165, 1.54) is 0 Å². The topological polar surface area (TPSA) is 83.1 Å². The van der Waals surface area contributed by atoms with Gasteiger partial charge in [-0.3, -0.25) is 0 Å². The average Bonchev–Trinajstić information content (AvgIpc) is 3.03. The first-order chi connectivity index (χ1) is 18.7. The molecule has 0 radical (unpaired) electrons. The summed E-state index contributed by atoms with van der Waals surface area (Å²) in [7, 11) is -5.83. The van der Waals surface area contributed by atoms with Crippen LogP contribution in [0.1, 0.15) is 52.2 Å². The second kappa shape index (κ2) is 13.9. The van der Waals surface area contributed by atoms with E-state index in [2.05, 4.69) is 38.6 Å². The van der Waals surface area contributed by atoms with E-state index in [1.807, 2.05) is 57.2 Å². The van der Waals surface area contributed by atoms with Crippen LogP contribution >= 0.6 is 0 Å². The number of sulfonamides is 1. The van der Waals surface area contributed by atoms with Crippen molar-refractivity contribution in [3.8, 4) is 0 Å². The van der Waals surface area contributed by atoms with Gasteiger partial charge in [0.2, 0.25) is 10.0 Å². The molecule has 3 atom stereocenters. The van der Waals surface area contributed by atoms with Crippen molar-refractivity contribution in [2.45, 2.75) is 102 Å². The summed E-state index contributed by atoms with van der Waals surface area (Å²) < 4.78 is 54.8. The Morgan fingerprint density at radius 3 is 2.30 bits per heavy atom. The molecule has 40 heavy (non-hydrogen) atoms. The van der Waals surface area contributed by atoms with Crippen molar-refractivity contribution in [1.82, 2.24) is 4.72 Å². The molecular weight excluding hydrogens is 542 g/mol. The monoisotopic (exact) mass is 589 g/mol. The van der Waals surface area contributed by atoms with Crippen LogP contribution in [0, 0.1) is 6.92 Å². The molecule has 0 unspecified atom stereocenters. The summed E-state index contributed by atoms with van der Waals surface area (Å²) in [5, 5.41) is 0.0221. The molecule has 1 aliphatic rings. The SMILES string of the molecule is Cc1ccc(S(=O)(=O)NCC2=CC[C@H](OC(C)C)O[C@H](CO[Si](C)(C)C(C)(C)C)[C@H]2OCc2ccccc2)cc1. The minimum Gasteiger partial charge on any atom is -0.414 e. The lowest BCUT2D eigenvalue weighted by Gasteiger charge is -2.38. The lowest BCUT2D eigenvalue weighted by molar-refractivity contribution is -0.209. The maximum atomic E-state index is 13.2. The van der Waals surface area contributed by atoms with Gasteiger partial charge in [0.1, 0.15) is 12.2 Å². The largest absolute Gasteiger partial charge is 0.414 e. The highest BCUT2D eigenvalue weighted by molar-refractivity contribution is 7.89. The number of ether oxygens (including phenoxy) is 3. The average molecular weight is 590 g/mol. The quantitative estimate of drug-likeness (QED) is 0.230. The van der Waals surface area contributed by atoms with Crippen LogP contribution in [0.2, 0.25) is 18.1 Å². The fraction of sp³-hybridized carbons (Fsp3) is 0.548. The van der Waals surface area contributed by atoms with E-state index >= 15 is 0 Å². The van der Waals surface area contributed by atoms with Crippen LogP contribution in [-0.2, 0) is 35.3 Å². The zero-order chi connectivity index (χ0) is 29.6. The molecule has 0 amide bonds. The fourth-order valence-electron chi connectivity index (χ4n) is 4.08. The van der Waals surface area contributed by atoms with Crippen molar-refractivity contribution in [1.29, 1.82) is 0 Å². The molecule has 0 aromatic heterocycles. The molecule has 0 bridgehead atoms. The summed E-state index contributed by atoms with van der Waals surface area (Å²) in [5.41, 5.74) is 2.81. The van der Waals surface area contributed by atoms with Crippen molar-refractivity contribution in [2.75, 3.05) is 13.2 Å². The molecule has 0 spiro atoms. The Balaban J connectivity index is 1.91. The van der Waals surface area contributed by atoms with E-state index in [9.17, 15) is 8.42 Å². The van der Waals surface area contributed by atoms with Crippen LogP contribution in [0.25, 0.3) is 0 Å². The van der Waals surface area contributed by atoms with E-state index in [1.54, 1.807) is 24.3 Å². The van der Waals surface area contributed by atoms with Gasteiger partial charge in [-0.1, -0.05) is 74.9 Å². The third-order valence-electron chi connectivity index (χ3n) is 7.51. The van der Waals surface area contributed by atoms with Crippen molar-refractivity contribution < 1.29 is 27.1 Å². The number of rotatable bonds is 12. The molecule has 1 aliphatic heterocycles. The maximum Gasteiger partial charge on any atom is 0.240 e. The van der Waals surface area contributed by atoms with Crippen LogP contribution in [0.15, 0.2) is 71.1 Å². The summed E-state index contributed by atoms with van der Waals surface area (Å²) in [4.78, 5) is 0.226. The molecule has 3 rings (SSSR count). The molecule has 2 aromatic carbocycles. The van der Waals surface area contributed by atoms with Gasteiger partial charge in [0, 0.05) is 13.0 Å². The van der Waals surface area contributed by atoms with Crippen LogP contribution < -0.4 is 4.72 Å². The molecule has 7 nitrogen and oxygen atoms in total. The molecule has 0 saturated heterocycles. The number of nitrogens with one attached hydrogen (secondary N) is 1. The first-order valence-electron chi connectivity index (χ1n) is 14.0. The predicted octanol–water partition coefficient (Wildman–Crippen LogP) is 6.35. The second-order valence-electron chi connectivity index (χ2n) is 12.2. The Hall–Kier alpha value is -1.85. The normalized spacial score (nSPS) is 20.8. The Kier molecular flexibility index (Phi) is 11.3. The summed E-state index contributed by atoms with van der Waals surface area (Å²) >= 11 is 0. The van der Waals surface area contributed by atoms with Crippen LogP contribution in [0.3, 0.4) is 0 Å². The van der Waals surface area contributed by atoms with Gasteiger partial charge in [0.15, 0.2) is 14.6 Å². The molecule has 9 heteroatoms. The first kappa shape index (κ1) is 32.7. The van der Waals surface area contributed by atoms with E-state index < -0.39 is 36.8 Å². The van der Waals surface area contributed by atoms with E-state index in [0.29, 0.717) is 19.6 Å². The van der Waals surface area contributed by atoms with Gasteiger partial charge >= 0.3 is 0 Å². The molecule has 1 heterocycles. The molecule has 222 valence electrons. The van der Waals surface area contributed by atoms with Crippen molar-refractivity contribution in [2.24, 2.45) is 0 Å². The standard InChI is InChI=1S/C31H47NO6SSi/c1-23(2)37-29-19-16-26(20-32-39(33,34)27-17-14-24(3)15-18-27)30(35-21-25-12-10-9-11-13-25)28(38-29)22-36-40(7,8)31(4,5)6/h9-18,23,28-30,32H,19-22H2,1-8H3/t28-,29-,30+/m1/s1. The Morgan fingerprint density at radius 2 is 1.70 bits per heavy atom. The van der Waals surface area contributed by atoms with Crippen LogP contribution in [0.4, 0.5) is 0 Å². The minimum atomic E-state index is -3.73. The third-order valence-corrected chi connectivity index (χ3v) is 13.4. The van der Waals surface area contributed by atoms with Gasteiger partial charge in [-0.15, -0.1) is 0 Å². The molecule has 0 fully saturated rings. The highest BCUT2D eigenvalue weighted by Crippen LogP contribution is 2.37. The first-order valence-corrected chi connectivity index (χ1v) is 18.4. The molecule has 1 N–H and O–H groups in total. The van der Waals surface area contributed by atoms with Gasteiger partial charge < -0.3 is 18.6 Å². The Labute approximate surface area is 242 Å². The Bertz CT molecular complexity index is 1210. The van der Waals surface area contributed by atoms with Crippen molar-refractivity contribution in [3.63, 3.8) is 0 Å². The third kappa shape index (κ3) is 9.34. The van der Waals surface area contributed by atoms with E-state index in [0.717, 1.165) is 16.7 Å². The summed E-state index contributed by atoms with van der Waals surface area (Å²) in [6, 6.07) is 16.7. The lowest BCUT2D eigenvalue weighted by atomic mass is 10.0. The fourth-order valence-corrected chi connectivity index (χ4v) is 6.11. The van der Waals surface area contributed by atoms with Crippen LogP contribution in [0.5, 0.6) is 0 Å². The smallest absolute Gasteiger partial charge is 0.240 e. The predicted molar refractivity (Wildman–Crippen MR) is 162 cm³/mol. The highest BCUT2D eigenvalue weighted by Gasteiger charge is 2.40. The maximum absolute atomic E-state index is 13.2. The van der Waals surface area contributed by atoms with E-state index in [4.69, 9.17) is 18.6 Å². The van der Waals surface area contributed by atoms with Crippen LogP contribution in [-0.4, -0.2) is 54.5 Å². The summed E-state index contributed by atoms with van der Waals surface area (Å²) in [5.74, 6) is 0. The molecular formula is C31H47NO6SSi. The lowest BCUT2D eigenvalue weighted by Crippen LogP contribution is -2.47. The number of hydrogen-bond acceptors (Lipinski definition) is 6. The highest BCUT2D eigenvalue weighted by atomic mass is 32.2. The van der Waals surface area contributed by atoms with Crippen molar-refractivity contribution >= 4 is 18.3 Å². The van der Waals surface area contributed by atoms with E-state index in [-0.39, 0.29) is 22.6 Å². The van der Waals surface area contributed by atoms with Gasteiger partial charge in [-0.25, -0.2) is 13.1 Å².